The summed E-state index contributed by atoms with van der Waals surface area (Å²) in [4.78, 5) is 12.5. The molecule has 2 unspecified atom stereocenters. The van der Waals surface area contributed by atoms with Crippen molar-refractivity contribution in [2.75, 3.05) is 6.61 Å². The molecule has 0 fully saturated rings. The Morgan fingerprint density at radius 3 is 0.935 bits per heavy atom. The van der Waals surface area contributed by atoms with Gasteiger partial charge in [-0.25, -0.2) is 0 Å². The molecule has 0 saturated carbocycles. The summed E-state index contributed by atoms with van der Waals surface area (Å²) >= 11 is 0. The molecule has 366 valence electrons. The van der Waals surface area contributed by atoms with Gasteiger partial charge in [0.1, 0.15) is 0 Å². The highest BCUT2D eigenvalue weighted by Gasteiger charge is 2.18. The number of carbonyl (C=O) groups excluding carboxylic acids is 1. The first-order valence-corrected chi connectivity index (χ1v) is 28.2. The summed E-state index contributed by atoms with van der Waals surface area (Å²) in [7, 11) is 0. The van der Waals surface area contributed by atoms with E-state index >= 15 is 0 Å². The molecule has 0 heterocycles. The highest BCUT2D eigenvalue weighted by atomic mass is 16.3. The van der Waals surface area contributed by atoms with Crippen LogP contribution in [0.2, 0.25) is 0 Å². The van der Waals surface area contributed by atoms with Crippen LogP contribution in [0.5, 0.6) is 0 Å². The van der Waals surface area contributed by atoms with Crippen LogP contribution < -0.4 is 5.32 Å². The highest BCUT2D eigenvalue weighted by Crippen LogP contribution is 2.17. The summed E-state index contributed by atoms with van der Waals surface area (Å²) < 4.78 is 0. The van der Waals surface area contributed by atoms with E-state index in [1.54, 1.807) is 6.08 Å². The maximum absolute atomic E-state index is 12.5. The van der Waals surface area contributed by atoms with Crippen molar-refractivity contribution >= 4 is 5.91 Å². The van der Waals surface area contributed by atoms with E-state index in [-0.39, 0.29) is 12.5 Å². The minimum atomic E-state index is -0.863. The molecule has 2 atom stereocenters. The second-order valence-electron chi connectivity index (χ2n) is 19.3. The third-order valence-corrected chi connectivity index (χ3v) is 13.1. The fourth-order valence-corrected chi connectivity index (χ4v) is 8.78. The molecule has 0 rings (SSSR count). The quantitative estimate of drug-likeness (QED) is 0.0421. The number of unbranched alkanes of at least 4 members (excludes halogenated alkanes) is 41. The van der Waals surface area contributed by atoms with Crippen molar-refractivity contribution in [3.8, 4) is 0 Å². The van der Waals surface area contributed by atoms with Gasteiger partial charge in [0, 0.05) is 6.42 Å². The van der Waals surface area contributed by atoms with E-state index in [1.165, 1.54) is 257 Å². The van der Waals surface area contributed by atoms with Crippen LogP contribution >= 0.6 is 0 Å². The Bertz CT molecular complexity index is 943. The molecule has 0 saturated heterocycles. The van der Waals surface area contributed by atoms with E-state index in [1.807, 2.05) is 6.08 Å². The lowest BCUT2D eigenvalue weighted by Crippen LogP contribution is -2.45. The maximum Gasteiger partial charge on any atom is 0.220 e. The predicted octanol–water partition coefficient (Wildman–Crippen LogP) is 18.5. The minimum absolute atomic E-state index is 0.0707. The largest absolute Gasteiger partial charge is 0.394 e. The van der Waals surface area contributed by atoms with Gasteiger partial charge >= 0.3 is 0 Å². The first kappa shape index (κ1) is 60.6. The molecule has 0 spiro atoms. The van der Waals surface area contributed by atoms with Gasteiger partial charge in [0.25, 0.3) is 0 Å². The zero-order valence-electron chi connectivity index (χ0n) is 42.2. The summed E-state index contributed by atoms with van der Waals surface area (Å²) in [6.07, 6.45) is 73.1. The number of rotatable bonds is 52. The predicted molar refractivity (Wildman–Crippen MR) is 276 cm³/mol. The van der Waals surface area contributed by atoms with Crippen molar-refractivity contribution in [1.29, 1.82) is 0 Å². The smallest absolute Gasteiger partial charge is 0.220 e. The van der Waals surface area contributed by atoms with Gasteiger partial charge in [-0.3, -0.25) is 4.79 Å². The topological polar surface area (TPSA) is 69.6 Å². The molecule has 0 aromatic carbocycles. The molecule has 0 aromatic rings. The molecule has 1 amide bonds. The second kappa shape index (κ2) is 53.9. The second-order valence-corrected chi connectivity index (χ2v) is 19.3. The minimum Gasteiger partial charge on any atom is -0.394 e. The molecule has 0 aliphatic carbocycles. The van der Waals surface area contributed by atoms with E-state index in [9.17, 15) is 15.0 Å². The average molecular weight is 871 g/mol. The van der Waals surface area contributed by atoms with Crippen molar-refractivity contribution in [2.24, 2.45) is 0 Å². The molecular weight excluding hydrogens is 759 g/mol. The van der Waals surface area contributed by atoms with Crippen molar-refractivity contribution in [2.45, 2.75) is 321 Å². The first-order valence-electron chi connectivity index (χ1n) is 28.2. The molecule has 3 N–H and O–H groups in total. The number of nitrogens with one attached hydrogen (secondary N) is 1. The van der Waals surface area contributed by atoms with Gasteiger partial charge < -0.3 is 15.5 Å². The number of amides is 1. The summed E-state index contributed by atoms with van der Waals surface area (Å²) in [6.45, 7) is 4.33. The van der Waals surface area contributed by atoms with Crippen LogP contribution in [0.1, 0.15) is 309 Å². The molecule has 0 bridgehead atoms. The van der Waals surface area contributed by atoms with Crippen molar-refractivity contribution in [3.63, 3.8) is 0 Å². The monoisotopic (exact) mass is 870 g/mol. The highest BCUT2D eigenvalue weighted by molar-refractivity contribution is 5.76. The Balaban J connectivity index is 3.51. The third kappa shape index (κ3) is 49.6. The number of allylic oxidation sites excluding steroid dienone is 5. The van der Waals surface area contributed by atoms with Gasteiger partial charge in [-0.1, -0.05) is 281 Å². The fraction of sp³-hybridized carbons (Fsp3) is 0.879. The van der Waals surface area contributed by atoms with Crippen molar-refractivity contribution in [1.82, 2.24) is 5.32 Å². The lowest BCUT2D eigenvalue weighted by Gasteiger charge is -2.19. The Morgan fingerprint density at radius 1 is 0.371 bits per heavy atom. The molecule has 62 heavy (non-hydrogen) atoms. The summed E-state index contributed by atoms with van der Waals surface area (Å²) in [5.74, 6) is -0.0707. The van der Waals surface area contributed by atoms with Gasteiger partial charge in [-0.2, -0.15) is 0 Å². The van der Waals surface area contributed by atoms with Crippen LogP contribution in [0.15, 0.2) is 36.5 Å². The Hall–Kier alpha value is -1.39. The lowest BCUT2D eigenvalue weighted by atomic mass is 10.0. The van der Waals surface area contributed by atoms with Gasteiger partial charge in [0.05, 0.1) is 18.8 Å². The molecule has 4 nitrogen and oxygen atoms in total. The zero-order valence-corrected chi connectivity index (χ0v) is 42.2. The number of hydrogen-bond acceptors (Lipinski definition) is 3. The van der Waals surface area contributed by atoms with Crippen LogP contribution in [0.25, 0.3) is 0 Å². The number of aliphatic hydroxyl groups is 2. The standard InChI is InChI=1S/C58H111NO3/c1-3-5-7-9-11-13-15-17-19-21-23-25-27-28-29-30-32-33-35-37-39-41-43-45-47-49-51-53-57(61)56(55-60)59-58(62)54-52-50-48-46-44-42-40-38-36-34-31-26-24-22-20-18-16-14-12-10-8-6-4-2/h22,24,43,45,51,53,56-57,60-61H,3-21,23,25-42,44,46-50,52,54-55H2,1-2H3,(H,59,62)/b24-22-,45-43+,53-51+. The van der Waals surface area contributed by atoms with Crippen LogP contribution in [0, 0.1) is 0 Å². The normalized spacial score (nSPS) is 13.0. The van der Waals surface area contributed by atoms with Crippen molar-refractivity contribution < 1.29 is 15.0 Å². The number of aliphatic hydroxyl groups excluding tert-OH is 2. The fourth-order valence-electron chi connectivity index (χ4n) is 8.78. The Kier molecular flexibility index (Phi) is 52.7. The molecule has 0 aromatic heterocycles. The van der Waals surface area contributed by atoms with E-state index in [0.29, 0.717) is 6.42 Å². The zero-order chi connectivity index (χ0) is 44.9. The van der Waals surface area contributed by atoms with E-state index in [2.05, 4.69) is 43.5 Å². The van der Waals surface area contributed by atoms with Gasteiger partial charge in [0.15, 0.2) is 0 Å². The SMILES string of the molecule is CCCCCCCCCC/C=C\CCCCCCCCCCCCCC(=O)NC(CO)C(O)/C=C/CC/C=C/CCCCCCCCCCCCCCCCCCCCCCC. The van der Waals surface area contributed by atoms with Gasteiger partial charge in [-0.15, -0.1) is 0 Å². The van der Waals surface area contributed by atoms with E-state index < -0.39 is 12.1 Å². The van der Waals surface area contributed by atoms with Crippen molar-refractivity contribution in [3.05, 3.63) is 36.5 Å². The van der Waals surface area contributed by atoms with Crippen LogP contribution in [0.3, 0.4) is 0 Å². The molecule has 0 aliphatic heterocycles. The summed E-state index contributed by atoms with van der Waals surface area (Å²) in [5.41, 5.74) is 0. The van der Waals surface area contributed by atoms with E-state index in [0.717, 1.165) is 32.1 Å². The average Bonchev–Trinajstić information content (AvgIpc) is 3.28. The van der Waals surface area contributed by atoms with E-state index in [4.69, 9.17) is 0 Å². The summed E-state index contributed by atoms with van der Waals surface area (Å²) in [6, 6.07) is -0.639. The molecular formula is C58H111NO3. The first-order chi connectivity index (χ1) is 30.7. The molecule has 0 radical (unpaired) electrons. The summed E-state index contributed by atoms with van der Waals surface area (Å²) in [5, 5.41) is 23.2. The number of carbonyl (C=O) groups is 1. The Morgan fingerprint density at radius 2 is 0.629 bits per heavy atom. The van der Waals surface area contributed by atoms with Crippen LogP contribution in [0.4, 0.5) is 0 Å². The molecule has 4 heteroatoms. The van der Waals surface area contributed by atoms with Gasteiger partial charge in [-0.05, 0) is 57.8 Å². The molecule has 0 aliphatic rings. The Labute approximate surface area is 389 Å². The third-order valence-electron chi connectivity index (χ3n) is 13.1. The lowest BCUT2D eigenvalue weighted by molar-refractivity contribution is -0.123. The van der Waals surface area contributed by atoms with Crippen LogP contribution in [-0.4, -0.2) is 34.9 Å². The van der Waals surface area contributed by atoms with Crippen LogP contribution in [-0.2, 0) is 4.79 Å². The van der Waals surface area contributed by atoms with Gasteiger partial charge in [0.2, 0.25) is 5.91 Å². The maximum atomic E-state index is 12.5. The number of hydrogen-bond donors (Lipinski definition) is 3.